The van der Waals surface area contributed by atoms with Crippen LogP contribution in [0.1, 0.15) is 5.56 Å². The Morgan fingerprint density at radius 1 is 1.14 bits per heavy atom. The molecule has 0 aromatic heterocycles. The van der Waals surface area contributed by atoms with E-state index in [4.69, 9.17) is 27.9 Å². The molecule has 0 aliphatic rings. The van der Waals surface area contributed by atoms with Crippen molar-refractivity contribution >= 4 is 28.9 Å². The van der Waals surface area contributed by atoms with Crippen LogP contribution in [0.5, 0.6) is 5.75 Å². The summed E-state index contributed by atoms with van der Waals surface area (Å²) in [5, 5.41) is 14.2. The Bertz CT molecular complexity index is 605. The van der Waals surface area contributed by atoms with Crippen LogP contribution >= 0.6 is 23.2 Å². The second-order valence-electron chi connectivity index (χ2n) is 4.76. The van der Waals surface area contributed by atoms with E-state index >= 15 is 0 Å². The summed E-state index contributed by atoms with van der Waals surface area (Å²) in [6.45, 7) is 2.48. The van der Waals surface area contributed by atoms with Crippen LogP contribution in [0.2, 0.25) is 10.0 Å². The van der Waals surface area contributed by atoms with Gasteiger partial charge < -0.3 is 15.2 Å². The molecule has 2 aromatic rings. The zero-order chi connectivity index (χ0) is 15.2. The summed E-state index contributed by atoms with van der Waals surface area (Å²) >= 11 is 12.1. The molecule has 0 radical (unpaired) electrons. The summed E-state index contributed by atoms with van der Waals surface area (Å²) in [7, 11) is 0. The van der Waals surface area contributed by atoms with Crippen LogP contribution in [0.4, 0.5) is 5.69 Å². The first-order chi connectivity index (χ1) is 10.1. The number of benzene rings is 2. The monoisotopic (exact) mass is 325 g/mol. The third-order valence-electron chi connectivity index (χ3n) is 2.92. The lowest BCUT2D eigenvalue weighted by Gasteiger charge is -2.15. The molecule has 5 heteroatoms. The summed E-state index contributed by atoms with van der Waals surface area (Å²) in [6, 6.07) is 12.9. The molecule has 1 unspecified atom stereocenters. The minimum atomic E-state index is -0.669. The lowest BCUT2D eigenvalue weighted by molar-refractivity contribution is 0.117. The minimum Gasteiger partial charge on any atom is -0.489 e. The van der Waals surface area contributed by atoms with Crippen LogP contribution in [-0.4, -0.2) is 24.4 Å². The normalized spacial score (nSPS) is 12.0. The molecule has 21 heavy (non-hydrogen) atoms. The molecule has 2 N–H and O–H groups in total. The third-order valence-corrected chi connectivity index (χ3v) is 3.56. The van der Waals surface area contributed by atoms with Gasteiger partial charge in [-0.15, -0.1) is 0 Å². The highest BCUT2D eigenvalue weighted by atomic mass is 35.5. The van der Waals surface area contributed by atoms with Crippen LogP contribution < -0.4 is 10.1 Å². The molecule has 0 heterocycles. The Labute approximate surface area is 134 Å². The molecular formula is C16H17Cl2NO2. The van der Waals surface area contributed by atoms with Gasteiger partial charge in [-0.25, -0.2) is 0 Å². The standard InChI is InChI=1S/C16H17Cl2NO2/c1-11-6-7-13(17)15(8-11)19-9-12(20)10-21-16-5-3-2-4-14(16)18/h2-8,12,19-20H,9-10H2,1H3. The number of hydrogen-bond donors (Lipinski definition) is 2. The van der Waals surface area contributed by atoms with Crippen molar-refractivity contribution in [1.82, 2.24) is 0 Å². The molecule has 0 spiro atoms. The second-order valence-corrected chi connectivity index (χ2v) is 5.57. The number of ether oxygens (including phenoxy) is 1. The van der Waals surface area contributed by atoms with E-state index in [0.29, 0.717) is 22.3 Å². The average Bonchev–Trinajstić information content (AvgIpc) is 2.47. The fourth-order valence-electron chi connectivity index (χ4n) is 1.81. The highest BCUT2D eigenvalue weighted by Crippen LogP contribution is 2.24. The van der Waals surface area contributed by atoms with Crippen LogP contribution in [0, 0.1) is 6.92 Å². The van der Waals surface area contributed by atoms with Crippen molar-refractivity contribution in [3.8, 4) is 5.75 Å². The average molecular weight is 326 g/mol. The SMILES string of the molecule is Cc1ccc(Cl)c(NCC(O)COc2ccccc2Cl)c1. The van der Waals surface area contributed by atoms with Gasteiger partial charge in [0.25, 0.3) is 0 Å². The van der Waals surface area contributed by atoms with Crippen molar-refractivity contribution in [1.29, 1.82) is 0 Å². The first-order valence-electron chi connectivity index (χ1n) is 6.61. The van der Waals surface area contributed by atoms with E-state index < -0.39 is 6.10 Å². The van der Waals surface area contributed by atoms with Crippen LogP contribution in [-0.2, 0) is 0 Å². The molecule has 0 bridgehead atoms. The number of aliphatic hydroxyl groups is 1. The molecule has 1 atom stereocenters. The number of rotatable bonds is 6. The maximum absolute atomic E-state index is 9.95. The highest BCUT2D eigenvalue weighted by Gasteiger charge is 2.08. The number of nitrogens with one attached hydrogen (secondary N) is 1. The van der Waals surface area contributed by atoms with Crippen molar-refractivity contribution in [2.75, 3.05) is 18.5 Å². The number of para-hydroxylation sites is 1. The fraction of sp³-hybridized carbons (Fsp3) is 0.250. The Balaban J connectivity index is 1.84. The van der Waals surface area contributed by atoms with Crippen LogP contribution in [0.3, 0.4) is 0 Å². The van der Waals surface area contributed by atoms with E-state index in [9.17, 15) is 5.11 Å². The van der Waals surface area contributed by atoms with E-state index in [2.05, 4.69) is 5.32 Å². The Hall–Kier alpha value is -1.42. The van der Waals surface area contributed by atoms with Crippen molar-refractivity contribution in [3.05, 3.63) is 58.1 Å². The summed E-state index contributed by atoms with van der Waals surface area (Å²) < 4.78 is 5.49. The van der Waals surface area contributed by atoms with Crippen molar-refractivity contribution < 1.29 is 9.84 Å². The van der Waals surface area contributed by atoms with Crippen LogP contribution in [0.15, 0.2) is 42.5 Å². The van der Waals surface area contributed by atoms with Gasteiger partial charge in [0.05, 0.1) is 15.7 Å². The van der Waals surface area contributed by atoms with Gasteiger partial charge in [-0.1, -0.05) is 41.4 Å². The van der Waals surface area contributed by atoms with Crippen LogP contribution in [0.25, 0.3) is 0 Å². The maximum Gasteiger partial charge on any atom is 0.138 e. The second kappa shape index (κ2) is 7.55. The Kier molecular flexibility index (Phi) is 5.74. The zero-order valence-corrected chi connectivity index (χ0v) is 13.2. The molecule has 2 rings (SSSR count). The maximum atomic E-state index is 9.95. The van der Waals surface area contributed by atoms with Gasteiger partial charge in [0.1, 0.15) is 18.5 Å². The molecule has 0 aliphatic carbocycles. The third kappa shape index (κ3) is 4.81. The first kappa shape index (κ1) is 16.0. The molecule has 2 aromatic carbocycles. The van der Waals surface area contributed by atoms with Gasteiger partial charge in [-0.2, -0.15) is 0 Å². The number of anilines is 1. The highest BCUT2D eigenvalue weighted by molar-refractivity contribution is 6.33. The zero-order valence-electron chi connectivity index (χ0n) is 11.6. The predicted molar refractivity (Wildman–Crippen MR) is 87.6 cm³/mol. The summed E-state index contributed by atoms with van der Waals surface area (Å²) in [5.74, 6) is 0.562. The number of halogens is 2. The number of hydrogen-bond acceptors (Lipinski definition) is 3. The van der Waals surface area contributed by atoms with Gasteiger partial charge >= 0.3 is 0 Å². The summed E-state index contributed by atoms with van der Waals surface area (Å²) in [5.41, 5.74) is 1.90. The summed E-state index contributed by atoms with van der Waals surface area (Å²) in [6.07, 6.45) is -0.669. The van der Waals surface area contributed by atoms with Gasteiger partial charge in [-0.05, 0) is 36.8 Å². The van der Waals surface area contributed by atoms with E-state index in [0.717, 1.165) is 11.3 Å². The molecule has 112 valence electrons. The van der Waals surface area contributed by atoms with E-state index in [1.54, 1.807) is 12.1 Å². The van der Waals surface area contributed by atoms with Crippen molar-refractivity contribution in [2.24, 2.45) is 0 Å². The lowest BCUT2D eigenvalue weighted by Crippen LogP contribution is -2.26. The quantitative estimate of drug-likeness (QED) is 0.838. The van der Waals surface area contributed by atoms with Gasteiger partial charge in [0, 0.05) is 6.54 Å². The molecule has 0 fully saturated rings. The number of aryl methyl sites for hydroxylation is 1. The van der Waals surface area contributed by atoms with Crippen molar-refractivity contribution in [2.45, 2.75) is 13.0 Å². The molecule has 0 saturated carbocycles. The lowest BCUT2D eigenvalue weighted by atomic mass is 10.2. The van der Waals surface area contributed by atoms with E-state index in [1.807, 2.05) is 37.3 Å². The minimum absolute atomic E-state index is 0.153. The molecular weight excluding hydrogens is 309 g/mol. The molecule has 0 saturated heterocycles. The largest absolute Gasteiger partial charge is 0.489 e. The first-order valence-corrected chi connectivity index (χ1v) is 7.37. The van der Waals surface area contributed by atoms with Gasteiger partial charge in [0.2, 0.25) is 0 Å². The van der Waals surface area contributed by atoms with Crippen molar-refractivity contribution in [3.63, 3.8) is 0 Å². The molecule has 0 amide bonds. The Morgan fingerprint density at radius 3 is 2.67 bits per heavy atom. The Morgan fingerprint density at radius 2 is 1.90 bits per heavy atom. The fourth-order valence-corrected chi connectivity index (χ4v) is 2.18. The predicted octanol–water partition coefficient (Wildman–Crippen LogP) is 4.15. The van der Waals surface area contributed by atoms with E-state index in [-0.39, 0.29) is 6.61 Å². The number of aliphatic hydroxyl groups excluding tert-OH is 1. The topological polar surface area (TPSA) is 41.5 Å². The van der Waals surface area contributed by atoms with Gasteiger partial charge in [0.15, 0.2) is 0 Å². The summed E-state index contributed by atoms with van der Waals surface area (Å²) in [4.78, 5) is 0. The van der Waals surface area contributed by atoms with Gasteiger partial charge in [-0.3, -0.25) is 0 Å². The molecule has 0 aliphatic heterocycles. The molecule has 3 nitrogen and oxygen atoms in total. The smallest absolute Gasteiger partial charge is 0.138 e. The van der Waals surface area contributed by atoms with E-state index in [1.165, 1.54) is 0 Å².